The zero-order valence-electron chi connectivity index (χ0n) is 27.1. The highest BCUT2D eigenvalue weighted by Crippen LogP contribution is 2.42. The molecule has 0 atom stereocenters. The normalized spacial score (nSPS) is 13.4. The van der Waals surface area contributed by atoms with Crippen molar-refractivity contribution in [1.29, 1.82) is 0 Å². The Hall–Kier alpha value is -5.15. The quantitative estimate of drug-likeness (QED) is 0.188. The second-order valence-electron chi connectivity index (χ2n) is 11.6. The maximum absolute atomic E-state index is 14.1. The van der Waals surface area contributed by atoms with E-state index < -0.39 is 21.5 Å². The fourth-order valence-electron chi connectivity index (χ4n) is 4.76. The number of carbonyl (C=O) groups excluding carboxylic acids is 1. The Morgan fingerprint density at radius 2 is 1.62 bits per heavy atom. The first-order chi connectivity index (χ1) is 23.0. The lowest BCUT2D eigenvalue weighted by atomic mass is 9.87. The van der Waals surface area contributed by atoms with E-state index in [0.29, 0.717) is 43.3 Å². The first kappa shape index (κ1) is 34.2. The number of amides is 1. The zero-order valence-corrected chi connectivity index (χ0v) is 28.0. The number of benzene rings is 2. The molecule has 2 aromatic carbocycles. The highest BCUT2D eigenvalue weighted by atomic mass is 32.2. The second kappa shape index (κ2) is 15.2. The summed E-state index contributed by atoms with van der Waals surface area (Å²) in [6, 6.07) is 16.9. The SMILES string of the molecule is COc1ccccc1Oc1c(NS(=O)(=O)c2ccccc2C(C)(C)C)nc(N2CCOCC2)nc1OCCOC(=O)Nc1ccncc1. The molecule has 1 aliphatic rings. The molecule has 15 heteroatoms. The molecule has 5 rings (SSSR count). The van der Waals surface area contributed by atoms with Crippen LogP contribution in [0.4, 0.5) is 22.2 Å². The Morgan fingerprint density at radius 3 is 2.33 bits per heavy atom. The van der Waals surface area contributed by atoms with Crippen LogP contribution in [-0.4, -0.2) is 76.1 Å². The number of anilines is 3. The molecule has 14 nitrogen and oxygen atoms in total. The average molecular weight is 679 g/mol. The standard InChI is InChI=1S/C33H38N6O8S/c1-33(2,3)24-9-5-8-12-27(24)48(41,42)38-29-28(47-26-11-7-6-10-25(26)43-4)30(37-31(36-29)39-17-19-44-20-18-39)45-21-22-46-32(40)35-23-13-15-34-16-14-23/h5-16H,17-22H2,1-4H3,(H,34,35,40)(H,36,37,38). The van der Waals surface area contributed by atoms with Gasteiger partial charge in [-0.15, -0.1) is 0 Å². The lowest BCUT2D eigenvalue weighted by Crippen LogP contribution is -2.37. The number of sulfonamides is 1. The summed E-state index contributed by atoms with van der Waals surface area (Å²) in [5, 5.41) is 2.60. The van der Waals surface area contributed by atoms with Gasteiger partial charge in [0.1, 0.15) is 13.2 Å². The first-order valence-electron chi connectivity index (χ1n) is 15.2. The van der Waals surface area contributed by atoms with Crippen molar-refractivity contribution in [3.63, 3.8) is 0 Å². The van der Waals surface area contributed by atoms with Gasteiger partial charge in [-0.1, -0.05) is 51.1 Å². The monoisotopic (exact) mass is 678 g/mol. The number of nitrogens with zero attached hydrogens (tertiary/aromatic N) is 4. The van der Waals surface area contributed by atoms with Crippen LogP contribution in [0.5, 0.6) is 23.1 Å². The Bertz CT molecular complexity index is 1810. The molecule has 1 aliphatic heterocycles. The van der Waals surface area contributed by atoms with E-state index in [-0.39, 0.29) is 47.3 Å². The molecule has 1 fully saturated rings. The van der Waals surface area contributed by atoms with Crippen LogP contribution in [0.3, 0.4) is 0 Å². The molecular weight excluding hydrogens is 640 g/mol. The van der Waals surface area contributed by atoms with Crippen molar-refractivity contribution in [1.82, 2.24) is 15.0 Å². The van der Waals surface area contributed by atoms with Gasteiger partial charge in [0.25, 0.3) is 15.9 Å². The van der Waals surface area contributed by atoms with Gasteiger partial charge >= 0.3 is 6.09 Å². The van der Waals surface area contributed by atoms with Gasteiger partial charge in [-0.2, -0.15) is 9.97 Å². The van der Waals surface area contributed by atoms with Gasteiger partial charge in [0.15, 0.2) is 17.3 Å². The summed E-state index contributed by atoms with van der Waals surface area (Å²) >= 11 is 0. The van der Waals surface area contributed by atoms with E-state index in [2.05, 4.69) is 25.0 Å². The van der Waals surface area contributed by atoms with Crippen molar-refractivity contribution in [2.24, 2.45) is 0 Å². The van der Waals surface area contributed by atoms with Gasteiger partial charge in [-0.25, -0.2) is 13.2 Å². The Balaban J connectivity index is 1.52. The van der Waals surface area contributed by atoms with Crippen molar-refractivity contribution in [2.45, 2.75) is 31.1 Å². The van der Waals surface area contributed by atoms with E-state index >= 15 is 0 Å². The van der Waals surface area contributed by atoms with Gasteiger partial charge in [-0.3, -0.25) is 15.0 Å². The van der Waals surface area contributed by atoms with E-state index in [9.17, 15) is 13.2 Å². The van der Waals surface area contributed by atoms with Gasteiger partial charge < -0.3 is 28.6 Å². The molecule has 2 N–H and O–H groups in total. The number of hydrogen-bond acceptors (Lipinski definition) is 12. The summed E-state index contributed by atoms with van der Waals surface area (Å²) in [6.45, 7) is 7.27. The Labute approximate surface area is 279 Å². The summed E-state index contributed by atoms with van der Waals surface area (Å²) in [4.78, 5) is 27.5. The van der Waals surface area contributed by atoms with Crippen LogP contribution in [0.25, 0.3) is 0 Å². The number of hydrogen-bond donors (Lipinski definition) is 2. The highest BCUT2D eigenvalue weighted by Gasteiger charge is 2.30. The molecule has 1 amide bonds. The number of methoxy groups -OCH3 is 1. The minimum atomic E-state index is -4.22. The largest absolute Gasteiger partial charge is 0.493 e. The van der Waals surface area contributed by atoms with Crippen LogP contribution in [0.1, 0.15) is 26.3 Å². The smallest absolute Gasteiger partial charge is 0.411 e. The number of pyridine rings is 1. The summed E-state index contributed by atoms with van der Waals surface area (Å²) in [7, 11) is -2.74. The minimum Gasteiger partial charge on any atom is -0.493 e. The van der Waals surface area contributed by atoms with Crippen molar-refractivity contribution in [2.75, 3.05) is 61.6 Å². The summed E-state index contributed by atoms with van der Waals surface area (Å²) < 4.78 is 59.4. The third-order valence-corrected chi connectivity index (χ3v) is 8.49. The topological polar surface area (TPSA) is 163 Å². The molecule has 0 radical (unpaired) electrons. The van der Waals surface area contributed by atoms with Crippen LogP contribution >= 0.6 is 0 Å². The number of carbonyl (C=O) groups is 1. The molecule has 0 bridgehead atoms. The van der Waals surface area contributed by atoms with Gasteiger partial charge in [0.05, 0.1) is 25.2 Å². The van der Waals surface area contributed by atoms with Crippen molar-refractivity contribution in [3.8, 4) is 23.1 Å². The lowest BCUT2D eigenvalue weighted by Gasteiger charge is -2.28. The van der Waals surface area contributed by atoms with E-state index in [1.807, 2.05) is 25.7 Å². The highest BCUT2D eigenvalue weighted by molar-refractivity contribution is 7.92. The van der Waals surface area contributed by atoms with Crippen LogP contribution in [-0.2, 0) is 24.9 Å². The fourth-order valence-corrected chi connectivity index (χ4v) is 6.18. The number of morpholine rings is 1. The van der Waals surface area contributed by atoms with Crippen molar-refractivity contribution >= 4 is 33.6 Å². The number of ether oxygens (including phenoxy) is 5. The first-order valence-corrected chi connectivity index (χ1v) is 16.7. The molecular formula is C33H38N6O8S. The summed E-state index contributed by atoms with van der Waals surface area (Å²) in [5.41, 5.74) is 0.648. The number of aromatic nitrogens is 3. The van der Waals surface area contributed by atoms with Gasteiger partial charge in [0, 0.05) is 31.2 Å². The van der Waals surface area contributed by atoms with Gasteiger partial charge in [0.2, 0.25) is 11.7 Å². The van der Waals surface area contributed by atoms with Crippen molar-refractivity contribution < 1.29 is 36.9 Å². The Morgan fingerprint density at radius 1 is 0.938 bits per heavy atom. The van der Waals surface area contributed by atoms with E-state index in [4.69, 9.17) is 23.7 Å². The van der Waals surface area contributed by atoms with Gasteiger partial charge in [-0.05, 0) is 41.3 Å². The fraction of sp³-hybridized carbons (Fsp3) is 0.333. The number of rotatable bonds is 12. The maximum Gasteiger partial charge on any atom is 0.411 e. The predicted octanol–water partition coefficient (Wildman–Crippen LogP) is 5.23. The molecule has 0 unspecified atom stereocenters. The number of nitrogens with one attached hydrogen (secondary N) is 2. The number of para-hydroxylation sites is 2. The van der Waals surface area contributed by atoms with Crippen LogP contribution in [0.15, 0.2) is 78.0 Å². The van der Waals surface area contributed by atoms with Crippen LogP contribution < -0.4 is 29.1 Å². The van der Waals surface area contributed by atoms with E-state index in [0.717, 1.165) is 0 Å². The molecule has 2 aromatic heterocycles. The minimum absolute atomic E-state index is 0.0858. The maximum atomic E-state index is 14.1. The molecule has 0 spiro atoms. The van der Waals surface area contributed by atoms with E-state index in [1.54, 1.807) is 60.7 Å². The van der Waals surface area contributed by atoms with Crippen LogP contribution in [0, 0.1) is 0 Å². The second-order valence-corrected chi connectivity index (χ2v) is 13.2. The third kappa shape index (κ3) is 8.60. The van der Waals surface area contributed by atoms with Crippen molar-refractivity contribution in [3.05, 3.63) is 78.6 Å². The molecule has 48 heavy (non-hydrogen) atoms. The van der Waals surface area contributed by atoms with E-state index in [1.165, 1.54) is 19.5 Å². The average Bonchev–Trinajstić information content (AvgIpc) is 3.08. The summed E-state index contributed by atoms with van der Waals surface area (Å²) in [5.74, 6) is 0.470. The zero-order chi connectivity index (χ0) is 34.1. The molecule has 0 aliphatic carbocycles. The predicted molar refractivity (Wildman–Crippen MR) is 179 cm³/mol. The molecule has 254 valence electrons. The molecule has 0 saturated carbocycles. The third-order valence-electron chi connectivity index (χ3n) is 7.10. The van der Waals surface area contributed by atoms with Crippen LogP contribution in [0.2, 0.25) is 0 Å². The lowest BCUT2D eigenvalue weighted by molar-refractivity contribution is 0.121. The summed E-state index contributed by atoms with van der Waals surface area (Å²) in [6.07, 6.45) is 2.38. The molecule has 4 aromatic rings. The molecule has 3 heterocycles. The molecule has 1 saturated heterocycles. The Kier molecular flexibility index (Phi) is 10.8.